The van der Waals surface area contributed by atoms with Crippen molar-refractivity contribution in [2.45, 2.75) is 6.54 Å². The smallest absolute Gasteiger partial charge is 0.255 e. The van der Waals surface area contributed by atoms with Gasteiger partial charge in [-0.1, -0.05) is 18.2 Å². The Morgan fingerprint density at radius 1 is 1.10 bits per heavy atom. The fourth-order valence-electron chi connectivity index (χ4n) is 2.02. The first-order chi connectivity index (χ1) is 10.2. The summed E-state index contributed by atoms with van der Waals surface area (Å²) in [5.74, 6) is 0.976. The maximum absolute atomic E-state index is 12.3. The van der Waals surface area contributed by atoms with Crippen LogP contribution in [0.1, 0.15) is 15.9 Å². The lowest BCUT2D eigenvalue weighted by Gasteiger charge is -2.12. The number of nitrogens with one attached hydrogen (secondary N) is 1. The highest BCUT2D eigenvalue weighted by atomic mass is 16.5. The van der Waals surface area contributed by atoms with Gasteiger partial charge in [-0.15, -0.1) is 0 Å². The zero-order chi connectivity index (χ0) is 15.2. The summed E-state index contributed by atoms with van der Waals surface area (Å²) in [7, 11) is 3.12. The summed E-state index contributed by atoms with van der Waals surface area (Å²) in [5, 5.41) is 2.84. The Labute approximate surface area is 123 Å². The molecule has 21 heavy (non-hydrogen) atoms. The van der Waals surface area contributed by atoms with Crippen molar-refractivity contribution in [3.63, 3.8) is 0 Å². The van der Waals surface area contributed by atoms with Crippen LogP contribution in [-0.2, 0) is 6.54 Å². The predicted molar refractivity (Wildman–Crippen MR) is 81.6 cm³/mol. The van der Waals surface area contributed by atoms with Crippen molar-refractivity contribution >= 4 is 11.6 Å². The normalized spacial score (nSPS) is 10.0. The number of rotatable bonds is 5. The molecular formula is C16H18N2O3. The summed E-state index contributed by atoms with van der Waals surface area (Å²) in [5.41, 5.74) is 7.54. The number of hydrogen-bond acceptors (Lipinski definition) is 4. The molecule has 0 aromatic heterocycles. The van der Waals surface area contributed by atoms with Crippen LogP contribution >= 0.6 is 0 Å². The van der Waals surface area contributed by atoms with Gasteiger partial charge < -0.3 is 20.5 Å². The highest BCUT2D eigenvalue weighted by molar-refractivity contribution is 5.97. The molecule has 0 bridgehead atoms. The van der Waals surface area contributed by atoms with Crippen molar-refractivity contribution in [3.05, 3.63) is 53.6 Å². The molecule has 0 aliphatic rings. The second-order valence-corrected chi connectivity index (χ2v) is 4.45. The number of para-hydroxylation sites is 1. The molecule has 0 fully saturated rings. The van der Waals surface area contributed by atoms with E-state index in [0.29, 0.717) is 23.5 Å². The van der Waals surface area contributed by atoms with Crippen molar-refractivity contribution in [1.29, 1.82) is 0 Å². The zero-order valence-corrected chi connectivity index (χ0v) is 12.1. The Hall–Kier alpha value is -2.69. The molecule has 0 heterocycles. The monoisotopic (exact) mass is 286 g/mol. The molecule has 5 heteroatoms. The molecular weight excluding hydrogens is 268 g/mol. The Morgan fingerprint density at radius 2 is 1.81 bits per heavy atom. The number of anilines is 1. The number of methoxy groups -OCH3 is 2. The molecule has 0 aliphatic carbocycles. The molecule has 3 N–H and O–H groups in total. The van der Waals surface area contributed by atoms with Gasteiger partial charge in [-0.05, 0) is 24.3 Å². The van der Waals surface area contributed by atoms with Gasteiger partial charge in [0.05, 0.1) is 19.8 Å². The van der Waals surface area contributed by atoms with E-state index in [1.807, 2.05) is 24.3 Å². The minimum absolute atomic E-state index is 0.245. The summed E-state index contributed by atoms with van der Waals surface area (Å²) in [6.45, 7) is 0.362. The number of benzene rings is 2. The summed E-state index contributed by atoms with van der Waals surface area (Å²) >= 11 is 0. The topological polar surface area (TPSA) is 73.6 Å². The van der Waals surface area contributed by atoms with Gasteiger partial charge in [-0.25, -0.2) is 0 Å². The molecule has 0 spiro atoms. The van der Waals surface area contributed by atoms with Crippen LogP contribution in [0.3, 0.4) is 0 Å². The molecule has 0 saturated heterocycles. The van der Waals surface area contributed by atoms with Crippen LogP contribution in [0.5, 0.6) is 11.5 Å². The molecule has 0 unspecified atom stereocenters. The van der Waals surface area contributed by atoms with Gasteiger partial charge in [0, 0.05) is 17.8 Å². The third-order valence-electron chi connectivity index (χ3n) is 3.10. The highest BCUT2D eigenvalue weighted by Gasteiger charge is 2.13. The molecule has 0 saturated carbocycles. The maximum atomic E-state index is 12.3. The van der Waals surface area contributed by atoms with E-state index < -0.39 is 0 Å². The largest absolute Gasteiger partial charge is 0.496 e. The summed E-state index contributed by atoms with van der Waals surface area (Å²) < 4.78 is 10.4. The van der Waals surface area contributed by atoms with E-state index in [9.17, 15) is 4.79 Å². The standard InChI is InChI=1S/C16H18N2O3/c1-20-14-6-4-3-5-11(14)10-18-16(19)13-9-12(17)7-8-15(13)21-2/h3-9H,10,17H2,1-2H3,(H,18,19). The fourth-order valence-corrected chi connectivity index (χ4v) is 2.02. The number of carbonyl (C=O) groups excluding carboxylic acids is 1. The molecule has 2 aromatic rings. The molecule has 110 valence electrons. The number of amides is 1. The fraction of sp³-hybridized carbons (Fsp3) is 0.188. The molecule has 0 radical (unpaired) electrons. The van der Waals surface area contributed by atoms with Crippen molar-refractivity contribution in [1.82, 2.24) is 5.32 Å². The average Bonchev–Trinajstić information content (AvgIpc) is 2.52. The van der Waals surface area contributed by atoms with Crippen LogP contribution in [0.4, 0.5) is 5.69 Å². The Bertz CT molecular complexity index is 641. The molecule has 2 aromatic carbocycles. The number of nitrogen functional groups attached to an aromatic ring is 1. The quantitative estimate of drug-likeness (QED) is 0.827. The number of hydrogen-bond donors (Lipinski definition) is 2. The van der Waals surface area contributed by atoms with Crippen molar-refractivity contribution in [2.24, 2.45) is 0 Å². The third-order valence-corrected chi connectivity index (χ3v) is 3.10. The SMILES string of the molecule is COc1ccccc1CNC(=O)c1cc(N)ccc1OC. The second kappa shape index (κ2) is 6.65. The molecule has 0 atom stereocenters. The predicted octanol–water partition coefficient (Wildman–Crippen LogP) is 2.22. The van der Waals surface area contributed by atoms with E-state index in [-0.39, 0.29) is 5.91 Å². The van der Waals surface area contributed by atoms with Crippen LogP contribution in [0, 0.1) is 0 Å². The zero-order valence-electron chi connectivity index (χ0n) is 12.1. The van der Waals surface area contributed by atoms with E-state index in [2.05, 4.69) is 5.32 Å². The van der Waals surface area contributed by atoms with Crippen LogP contribution in [0.25, 0.3) is 0 Å². The Morgan fingerprint density at radius 3 is 2.52 bits per heavy atom. The minimum Gasteiger partial charge on any atom is -0.496 e. The average molecular weight is 286 g/mol. The van der Waals surface area contributed by atoms with Crippen LogP contribution < -0.4 is 20.5 Å². The Balaban J connectivity index is 2.13. The first-order valence-corrected chi connectivity index (χ1v) is 6.49. The molecule has 1 amide bonds. The van der Waals surface area contributed by atoms with Gasteiger partial charge in [0.2, 0.25) is 0 Å². The third kappa shape index (κ3) is 3.45. The van der Waals surface area contributed by atoms with Crippen molar-refractivity contribution in [2.75, 3.05) is 20.0 Å². The summed E-state index contributed by atoms with van der Waals surface area (Å²) in [6, 6.07) is 12.5. The lowest BCUT2D eigenvalue weighted by molar-refractivity contribution is 0.0947. The van der Waals surface area contributed by atoms with Gasteiger partial charge in [0.15, 0.2) is 0 Å². The number of nitrogens with two attached hydrogens (primary N) is 1. The van der Waals surface area contributed by atoms with Gasteiger partial charge in [-0.3, -0.25) is 4.79 Å². The highest BCUT2D eigenvalue weighted by Crippen LogP contribution is 2.22. The Kier molecular flexibility index (Phi) is 4.66. The first kappa shape index (κ1) is 14.7. The van der Waals surface area contributed by atoms with Crippen molar-refractivity contribution < 1.29 is 14.3 Å². The van der Waals surface area contributed by atoms with Gasteiger partial charge >= 0.3 is 0 Å². The van der Waals surface area contributed by atoms with Crippen LogP contribution in [0.15, 0.2) is 42.5 Å². The lowest BCUT2D eigenvalue weighted by atomic mass is 10.1. The van der Waals surface area contributed by atoms with E-state index in [0.717, 1.165) is 11.3 Å². The molecule has 5 nitrogen and oxygen atoms in total. The van der Waals surface area contributed by atoms with E-state index >= 15 is 0 Å². The van der Waals surface area contributed by atoms with Gasteiger partial charge in [0.1, 0.15) is 11.5 Å². The van der Waals surface area contributed by atoms with Gasteiger partial charge in [-0.2, -0.15) is 0 Å². The lowest BCUT2D eigenvalue weighted by Crippen LogP contribution is -2.23. The molecule has 0 aliphatic heterocycles. The number of ether oxygens (including phenoxy) is 2. The van der Waals surface area contributed by atoms with E-state index in [4.69, 9.17) is 15.2 Å². The van der Waals surface area contributed by atoms with Crippen LogP contribution in [0.2, 0.25) is 0 Å². The molecule has 2 rings (SSSR count). The summed E-state index contributed by atoms with van der Waals surface area (Å²) in [6.07, 6.45) is 0. The van der Waals surface area contributed by atoms with Crippen LogP contribution in [-0.4, -0.2) is 20.1 Å². The first-order valence-electron chi connectivity index (χ1n) is 6.49. The minimum atomic E-state index is -0.245. The van der Waals surface area contributed by atoms with E-state index in [1.54, 1.807) is 25.3 Å². The second-order valence-electron chi connectivity index (χ2n) is 4.45. The van der Waals surface area contributed by atoms with Gasteiger partial charge in [0.25, 0.3) is 5.91 Å². The van der Waals surface area contributed by atoms with Crippen molar-refractivity contribution in [3.8, 4) is 11.5 Å². The number of carbonyl (C=O) groups is 1. The van der Waals surface area contributed by atoms with E-state index in [1.165, 1.54) is 7.11 Å². The summed E-state index contributed by atoms with van der Waals surface area (Å²) in [4.78, 5) is 12.3. The maximum Gasteiger partial charge on any atom is 0.255 e.